The van der Waals surface area contributed by atoms with Crippen molar-refractivity contribution in [1.29, 1.82) is 0 Å². The average molecular weight is 326 g/mol. The van der Waals surface area contributed by atoms with Crippen molar-refractivity contribution in [2.24, 2.45) is 0 Å². The Bertz CT molecular complexity index is 898. The van der Waals surface area contributed by atoms with Crippen LogP contribution in [-0.4, -0.2) is 10.5 Å². The van der Waals surface area contributed by atoms with Gasteiger partial charge >= 0.3 is 0 Å². The highest BCUT2D eigenvalue weighted by atomic mass is 19.1. The molecule has 0 aliphatic heterocycles. The van der Waals surface area contributed by atoms with Crippen LogP contribution in [0.4, 0.5) is 14.5 Å². The van der Waals surface area contributed by atoms with E-state index in [-0.39, 0.29) is 11.7 Å². The summed E-state index contributed by atoms with van der Waals surface area (Å²) in [5, 5.41) is 2.69. The van der Waals surface area contributed by atoms with Gasteiger partial charge in [-0.2, -0.15) is 0 Å². The third-order valence-corrected chi connectivity index (χ3v) is 3.84. The molecule has 0 saturated carbocycles. The summed E-state index contributed by atoms with van der Waals surface area (Å²) in [6.07, 6.45) is 0. The monoisotopic (exact) mass is 326 g/mol. The number of aryl methyl sites for hydroxylation is 1. The van der Waals surface area contributed by atoms with E-state index in [9.17, 15) is 13.6 Å². The molecule has 0 bridgehead atoms. The Morgan fingerprint density at radius 1 is 0.958 bits per heavy atom. The van der Waals surface area contributed by atoms with Gasteiger partial charge < -0.3 is 9.88 Å². The van der Waals surface area contributed by atoms with Crippen LogP contribution >= 0.6 is 0 Å². The number of nitrogens with zero attached hydrogens (tertiary/aromatic N) is 1. The van der Waals surface area contributed by atoms with E-state index < -0.39 is 5.82 Å². The molecule has 1 heterocycles. The molecule has 3 nitrogen and oxygen atoms in total. The second-order valence-corrected chi connectivity index (χ2v) is 5.56. The first kappa shape index (κ1) is 15.9. The minimum absolute atomic E-state index is 0.315. The van der Waals surface area contributed by atoms with Gasteiger partial charge in [-0.15, -0.1) is 0 Å². The molecule has 3 rings (SSSR count). The van der Waals surface area contributed by atoms with Crippen LogP contribution in [0, 0.1) is 25.5 Å². The van der Waals surface area contributed by atoms with E-state index in [0.29, 0.717) is 11.3 Å². The van der Waals surface area contributed by atoms with E-state index >= 15 is 0 Å². The molecule has 0 spiro atoms. The van der Waals surface area contributed by atoms with Gasteiger partial charge in [0, 0.05) is 22.8 Å². The normalized spacial score (nSPS) is 10.7. The first-order valence-corrected chi connectivity index (χ1v) is 7.47. The highest BCUT2D eigenvalue weighted by molar-refractivity contribution is 6.05. The fourth-order valence-electron chi connectivity index (χ4n) is 2.74. The standard InChI is InChI=1S/C19H16F2N2O/c1-12-10-18(19(24)22-16-5-3-4-15(21)11-16)13(2)23(12)17-8-6-14(20)7-9-17/h3-11H,1-2H3,(H,22,24). The first-order chi connectivity index (χ1) is 11.5. The van der Waals surface area contributed by atoms with Gasteiger partial charge in [-0.05, 0) is 62.4 Å². The number of rotatable bonds is 3. The Balaban J connectivity index is 1.93. The third-order valence-electron chi connectivity index (χ3n) is 3.84. The number of carbonyl (C=O) groups is 1. The summed E-state index contributed by atoms with van der Waals surface area (Å²) in [6.45, 7) is 3.69. The van der Waals surface area contributed by atoms with Gasteiger partial charge in [0.1, 0.15) is 11.6 Å². The van der Waals surface area contributed by atoms with Crippen molar-refractivity contribution in [2.45, 2.75) is 13.8 Å². The van der Waals surface area contributed by atoms with Gasteiger partial charge in [0.2, 0.25) is 0 Å². The Labute approximate surface area is 138 Å². The number of hydrogen-bond donors (Lipinski definition) is 1. The Hall–Kier alpha value is -2.95. The molecule has 1 N–H and O–H groups in total. The van der Waals surface area contributed by atoms with Gasteiger partial charge in [-0.1, -0.05) is 6.07 Å². The van der Waals surface area contributed by atoms with Crippen LogP contribution in [0.1, 0.15) is 21.7 Å². The quantitative estimate of drug-likeness (QED) is 0.748. The van der Waals surface area contributed by atoms with Crippen molar-refractivity contribution in [1.82, 2.24) is 4.57 Å². The number of halogens is 2. The van der Waals surface area contributed by atoms with Gasteiger partial charge in [0.15, 0.2) is 0 Å². The second-order valence-electron chi connectivity index (χ2n) is 5.56. The second kappa shape index (κ2) is 6.28. The number of anilines is 1. The van der Waals surface area contributed by atoms with E-state index in [1.54, 1.807) is 24.3 Å². The maximum Gasteiger partial charge on any atom is 0.257 e. The van der Waals surface area contributed by atoms with Crippen molar-refractivity contribution >= 4 is 11.6 Å². The van der Waals surface area contributed by atoms with Crippen LogP contribution in [0.2, 0.25) is 0 Å². The molecule has 24 heavy (non-hydrogen) atoms. The lowest BCUT2D eigenvalue weighted by molar-refractivity contribution is 0.102. The average Bonchev–Trinajstić information content (AvgIpc) is 2.83. The fourth-order valence-corrected chi connectivity index (χ4v) is 2.74. The maximum atomic E-state index is 13.2. The number of carbonyl (C=O) groups excluding carboxylic acids is 1. The smallest absolute Gasteiger partial charge is 0.257 e. The molecule has 0 aliphatic rings. The molecule has 0 unspecified atom stereocenters. The number of aromatic nitrogens is 1. The van der Waals surface area contributed by atoms with Crippen LogP contribution < -0.4 is 5.32 Å². The summed E-state index contributed by atoms with van der Waals surface area (Å²) in [5.41, 5.74) is 3.24. The van der Waals surface area contributed by atoms with Crippen LogP contribution in [0.3, 0.4) is 0 Å². The maximum absolute atomic E-state index is 13.2. The lowest BCUT2D eigenvalue weighted by Crippen LogP contribution is -2.13. The molecule has 122 valence electrons. The predicted molar refractivity (Wildman–Crippen MR) is 89.6 cm³/mol. The minimum Gasteiger partial charge on any atom is -0.322 e. The Morgan fingerprint density at radius 2 is 1.67 bits per heavy atom. The van der Waals surface area contributed by atoms with E-state index in [0.717, 1.165) is 17.1 Å². The fraction of sp³-hybridized carbons (Fsp3) is 0.105. The molecule has 5 heteroatoms. The van der Waals surface area contributed by atoms with Crippen LogP contribution in [0.5, 0.6) is 0 Å². The largest absolute Gasteiger partial charge is 0.322 e. The first-order valence-electron chi connectivity index (χ1n) is 7.47. The molecule has 1 aromatic heterocycles. The van der Waals surface area contributed by atoms with E-state index in [2.05, 4.69) is 5.32 Å². The molecular weight excluding hydrogens is 310 g/mol. The molecule has 1 amide bonds. The molecule has 0 fully saturated rings. The number of amides is 1. The summed E-state index contributed by atoms with van der Waals surface area (Å²) in [7, 11) is 0. The summed E-state index contributed by atoms with van der Waals surface area (Å²) in [5.74, 6) is -1.04. The number of benzene rings is 2. The molecule has 0 radical (unpaired) electrons. The highest BCUT2D eigenvalue weighted by Gasteiger charge is 2.17. The molecule has 0 aliphatic carbocycles. The molecule has 0 atom stereocenters. The zero-order valence-corrected chi connectivity index (χ0v) is 13.3. The van der Waals surface area contributed by atoms with E-state index in [1.165, 1.54) is 30.3 Å². The number of hydrogen-bond acceptors (Lipinski definition) is 1. The van der Waals surface area contributed by atoms with Gasteiger partial charge in [-0.3, -0.25) is 4.79 Å². The Morgan fingerprint density at radius 3 is 2.33 bits per heavy atom. The molecule has 3 aromatic rings. The summed E-state index contributed by atoms with van der Waals surface area (Å²) < 4.78 is 28.2. The van der Waals surface area contributed by atoms with Crippen molar-refractivity contribution in [3.05, 3.63) is 83.2 Å². The SMILES string of the molecule is Cc1cc(C(=O)Nc2cccc(F)c2)c(C)n1-c1ccc(F)cc1. The van der Waals surface area contributed by atoms with Crippen molar-refractivity contribution in [2.75, 3.05) is 5.32 Å². The van der Waals surface area contributed by atoms with Crippen molar-refractivity contribution < 1.29 is 13.6 Å². The predicted octanol–water partition coefficient (Wildman–Crippen LogP) is 4.62. The summed E-state index contributed by atoms with van der Waals surface area (Å²) in [6, 6.07) is 13.6. The van der Waals surface area contributed by atoms with E-state index in [4.69, 9.17) is 0 Å². The molecule has 2 aromatic carbocycles. The van der Waals surface area contributed by atoms with Gasteiger partial charge in [0.05, 0.1) is 5.56 Å². The number of nitrogens with one attached hydrogen (secondary N) is 1. The van der Waals surface area contributed by atoms with Crippen molar-refractivity contribution in [3.8, 4) is 5.69 Å². The van der Waals surface area contributed by atoms with Crippen LogP contribution in [0.25, 0.3) is 5.69 Å². The topological polar surface area (TPSA) is 34.0 Å². The van der Waals surface area contributed by atoms with Crippen LogP contribution in [0.15, 0.2) is 54.6 Å². The van der Waals surface area contributed by atoms with Crippen LogP contribution in [-0.2, 0) is 0 Å². The van der Waals surface area contributed by atoms with Crippen molar-refractivity contribution in [3.63, 3.8) is 0 Å². The lowest BCUT2D eigenvalue weighted by Gasteiger charge is -2.10. The zero-order valence-electron chi connectivity index (χ0n) is 13.3. The summed E-state index contributed by atoms with van der Waals surface area (Å²) in [4.78, 5) is 12.5. The van der Waals surface area contributed by atoms with Gasteiger partial charge in [-0.25, -0.2) is 8.78 Å². The lowest BCUT2D eigenvalue weighted by atomic mass is 10.2. The molecule has 0 saturated heterocycles. The third kappa shape index (κ3) is 3.06. The molecular formula is C19H16F2N2O. The minimum atomic E-state index is -0.412. The van der Waals surface area contributed by atoms with E-state index in [1.807, 2.05) is 18.4 Å². The summed E-state index contributed by atoms with van der Waals surface area (Å²) >= 11 is 0. The Kier molecular flexibility index (Phi) is 4.16. The van der Waals surface area contributed by atoms with Gasteiger partial charge in [0.25, 0.3) is 5.91 Å². The highest BCUT2D eigenvalue weighted by Crippen LogP contribution is 2.22. The zero-order chi connectivity index (χ0) is 17.3.